The smallest absolute Gasteiger partial charge is 0.228 e. The Balaban J connectivity index is 1.85. The Morgan fingerprint density at radius 3 is 2.75 bits per heavy atom. The number of amides is 1. The molecule has 0 bridgehead atoms. The minimum atomic E-state index is -0.0247. The molecular formula is C15H20N4O. The summed E-state index contributed by atoms with van der Waals surface area (Å²) in [6, 6.07) is 9.69. The first-order valence-electron chi connectivity index (χ1n) is 6.64. The first-order valence-corrected chi connectivity index (χ1v) is 6.64. The molecule has 0 fully saturated rings. The van der Waals surface area contributed by atoms with Crippen LogP contribution in [0.2, 0.25) is 0 Å². The van der Waals surface area contributed by atoms with Crippen molar-refractivity contribution < 1.29 is 4.79 Å². The third kappa shape index (κ3) is 4.51. The summed E-state index contributed by atoms with van der Waals surface area (Å²) < 4.78 is 1.83. The first kappa shape index (κ1) is 14.3. The van der Waals surface area contributed by atoms with E-state index in [0.717, 1.165) is 24.3 Å². The van der Waals surface area contributed by atoms with Crippen LogP contribution in [0, 0.1) is 0 Å². The largest absolute Gasteiger partial charge is 0.323 e. The lowest BCUT2D eigenvalue weighted by Gasteiger charge is -2.08. The number of carbonyl (C=O) groups excluding carboxylic acids is 1. The number of aromatic nitrogens is 2. The molecule has 0 radical (unpaired) electrons. The van der Waals surface area contributed by atoms with Crippen molar-refractivity contribution in [1.82, 2.24) is 14.7 Å². The number of hydrogen-bond donors (Lipinski definition) is 1. The molecule has 2 aromatic rings. The van der Waals surface area contributed by atoms with Crippen molar-refractivity contribution in [2.75, 3.05) is 26.0 Å². The standard InChI is InChI=1S/C15H20N4O/c1-18(2)8-9-19-12-14(11-16-19)17-15(20)10-13-6-4-3-5-7-13/h3-7,11-12H,8-10H2,1-2H3,(H,17,20). The fourth-order valence-electron chi connectivity index (χ4n) is 1.84. The van der Waals surface area contributed by atoms with Gasteiger partial charge in [0, 0.05) is 12.7 Å². The third-order valence-electron chi connectivity index (χ3n) is 2.90. The van der Waals surface area contributed by atoms with E-state index in [9.17, 15) is 4.79 Å². The van der Waals surface area contributed by atoms with Crippen LogP contribution in [-0.2, 0) is 17.8 Å². The van der Waals surface area contributed by atoms with Crippen LogP contribution in [0.4, 0.5) is 5.69 Å². The number of anilines is 1. The molecule has 1 aromatic heterocycles. The minimum absolute atomic E-state index is 0.0247. The van der Waals surface area contributed by atoms with E-state index < -0.39 is 0 Å². The monoisotopic (exact) mass is 272 g/mol. The molecule has 1 N–H and O–H groups in total. The second-order valence-corrected chi connectivity index (χ2v) is 5.01. The molecule has 1 heterocycles. The maximum atomic E-state index is 11.9. The highest BCUT2D eigenvalue weighted by molar-refractivity contribution is 5.91. The van der Waals surface area contributed by atoms with Gasteiger partial charge >= 0.3 is 0 Å². The van der Waals surface area contributed by atoms with E-state index in [2.05, 4.69) is 15.3 Å². The zero-order valence-electron chi connectivity index (χ0n) is 11.9. The molecule has 0 aliphatic carbocycles. The van der Waals surface area contributed by atoms with E-state index in [1.54, 1.807) is 6.20 Å². The fraction of sp³-hybridized carbons (Fsp3) is 0.333. The van der Waals surface area contributed by atoms with Crippen LogP contribution in [0.3, 0.4) is 0 Å². The molecule has 5 nitrogen and oxygen atoms in total. The second kappa shape index (κ2) is 6.86. The number of rotatable bonds is 6. The highest BCUT2D eigenvalue weighted by atomic mass is 16.1. The van der Waals surface area contributed by atoms with E-state index in [0.29, 0.717) is 6.42 Å². The molecule has 5 heteroatoms. The molecule has 106 valence electrons. The van der Waals surface area contributed by atoms with E-state index in [1.165, 1.54) is 0 Å². The zero-order valence-corrected chi connectivity index (χ0v) is 11.9. The maximum Gasteiger partial charge on any atom is 0.228 e. The summed E-state index contributed by atoms with van der Waals surface area (Å²) in [6.45, 7) is 1.72. The molecule has 0 spiro atoms. The highest BCUT2D eigenvalue weighted by Gasteiger charge is 2.05. The van der Waals surface area contributed by atoms with Crippen molar-refractivity contribution in [3.05, 3.63) is 48.3 Å². The topological polar surface area (TPSA) is 50.2 Å². The molecule has 0 saturated heterocycles. The minimum Gasteiger partial charge on any atom is -0.323 e. The predicted molar refractivity (Wildman–Crippen MR) is 79.6 cm³/mol. The van der Waals surface area contributed by atoms with Crippen LogP contribution >= 0.6 is 0 Å². The Bertz CT molecular complexity index is 548. The molecule has 1 amide bonds. The summed E-state index contributed by atoms with van der Waals surface area (Å²) in [5.41, 5.74) is 1.75. The van der Waals surface area contributed by atoms with E-state index in [-0.39, 0.29) is 5.91 Å². The van der Waals surface area contributed by atoms with Gasteiger partial charge in [0.25, 0.3) is 0 Å². The average molecular weight is 272 g/mol. The second-order valence-electron chi connectivity index (χ2n) is 5.01. The van der Waals surface area contributed by atoms with Gasteiger partial charge in [0.2, 0.25) is 5.91 Å². The van der Waals surface area contributed by atoms with Gasteiger partial charge < -0.3 is 10.2 Å². The lowest BCUT2D eigenvalue weighted by molar-refractivity contribution is -0.115. The Labute approximate surface area is 119 Å². The highest BCUT2D eigenvalue weighted by Crippen LogP contribution is 2.07. The van der Waals surface area contributed by atoms with Gasteiger partial charge in [0.1, 0.15) is 0 Å². The normalized spacial score (nSPS) is 10.8. The summed E-state index contributed by atoms with van der Waals surface area (Å²) in [4.78, 5) is 14.0. The Kier molecular flexibility index (Phi) is 4.90. The number of benzene rings is 1. The average Bonchev–Trinajstić information content (AvgIpc) is 2.85. The van der Waals surface area contributed by atoms with Crippen molar-refractivity contribution in [3.8, 4) is 0 Å². The predicted octanol–water partition coefficient (Wildman–Crippen LogP) is 1.63. The summed E-state index contributed by atoms with van der Waals surface area (Å²) in [7, 11) is 4.04. The number of carbonyl (C=O) groups is 1. The third-order valence-corrected chi connectivity index (χ3v) is 2.90. The van der Waals surface area contributed by atoms with Crippen LogP contribution < -0.4 is 5.32 Å². The van der Waals surface area contributed by atoms with E-state index in [1.807, 2.05) is 55.3 Å². The van der Waals surface area contributed by atoms with Gasteiger partial charge in [-0.05, 0) is 19.7 Å². The molecule has 0 aliphatic heterocycles. The van der Waals surface area contributed by atoms with Gasteiger partial charge in [-0.25, -0.2) is 0 Å². The van der Waals surface area contributed by atoms with Gasteiger partial charge in [-0.2, -0.15) is 5.10 Å². The molecule has 0 unspecified atom stereocenters. The SMILES string of the molecule is CN(C)CCn1cc(NC(=O)Cc2ccccc2)cn1. The maximum absolute atomic E-state index is 11.9. The fourth-order valence-corrected chi connectivity index (χ4v) is 1.84. The van der Waals surface area contributed by atoms with E-state index >= 15 is 0 Å². The summed E-state index contributed by atoms with van der Waals surface area (Å²) in [6.07, 6.45) is 3.91. The van der Waals surface area contributed by atoms with Crippen molar-refractivity contribution in [2.24, 2.45) is 0 Å². The lowest BCUT2D eigenvalue weighted by Crippen LogP contribution is -2.18. The van der Waals surface area contributed by atoms with E-state index in [4.69, 9.17) is 0 Å². The summed E-state index contributed by atoms with van der Waals surface area (Å²) >= 11 is 0. The van der Waals surface area contributed by atoms with Crippen molar-refractivity contribution >= 4 is 11.6 Å². The molecule has 1 aromatic carbocycles. The van der Waals surface area contributed by atoms with Crippen LogP contribution in [0.1, 0.15) is 5.56 Å². The van der Waals surface area contributed by atoms with Gasteiger partial charge in [0.05, 0.1) is 24.8 Å². The first-order chi connectivity index (χ1) is 9.63. The van der Waals surface area contributed by atoms with Crippen molar-refractivity contribution in [2.45, 2.75) is 13.0 Å². The number of likely N-dealkylation sites (N-methyl/N-ethyl adjacent to an activating group) is 1. The molecule has 20 heavy (non-hydrogen) atoms. The number of hydrogen-bond acceptors (Lipinski definition) is 3. The van der Waals surface area contributed by atoms with Crippen molar-refractivity contribution in [3.63, 3.8) is 0 Å². The van der Waals surface area contributed by atoms with Gasteiger partial charge in [0.15, 0.2) is 0 Å². The summed E-state index contributed by atoms with van der Waals surface area (Å²) in [5, 5.41) is 7.09. The van der Waals surface area contributed by atoms with Crippen LogP contribution in [0.25, 0.3) is 0 Å². The Hall–Kier alpha value is -2.14. The molecular weight excluding hydrogens is 252 g/mol. The van der Waals surface area contributed by atoms with Gasteiger partial charge in [-0.15, -0.1) is 0 Å². The van der Waals surface area contributed by atoms with Gasteiger partial charge in [-0.1, -0.05) is 30.3 Å². The van der Waals surface area contributed by atoms with Gasteiger partial charge in [-0.3, -0.25) is 9.48 Å². The number of nitrogens with one attached hydrogen (secondary N) is 1. The molecule has 0 aliphatic rings. The Morgan fingerprint density at radius 1 is 1.30 bits per heavy atom. The van der Waals surface area contributed by atoms with Crippen molar-refractivity contribution in [1.29, 1.82) is 0 Å². The lowest BCUT2D eigenvalue weighted by atomic mass is 10.1. The van der Waals surface area contributed by atoms with Crippen LogP contribution in [-0.4, -0.2) is 41.2 Å². The molecule has 2 rings (SSSR count). The molecule has 0 saturated carbocycles. The number of nitrogens with zero attached hydrogens (tertiary/aromatic N) is 3. The quantitative estimate of drug-likeness (QED) is 0.869. The van der Waals surface area contributed by atoms with Crippen LogP contribution in [0.15, 0.2) is 42.7 Å². The summed E-state index contributed by atoms with van der Waals surface area (Å²) in [5.74, 6) is -0.0247. The zero-order chi connectivity index (χ0) is 14.4. The molecule has 0 atom stereocenters. The van der Waals surface area contributed by atoms with Crippen LogP contribution in [0.5, 0.6) is 0 Å². The Morgan fingerprint density at radius 2 is 2.05 bits per heavy atom.